The van der Waals surface area contributed by atoms with E-state index < -0.39 is 0 Å². The highest BCUT2D eigenvalue weighted by Gasteiger charge is 2.01. The maximum atomic E-state index is 5.55. The average Bonchev–Trinajstić information content (AvgIpc) is 2.35. The zero-order valence-corrected chi connectivity index (χ0v) is 10.7. The van der Waals surface area contributed by atoms with Crippen LogP contribution in [0.1, 0.15) is 33.1 Å². The molecule has 0 spiro atoms. The predicted molar refractivity (Wildman–Crippen MR) is 72.2 cm³/mol. The fourth-order valence-corrected chi connectivity index (χ4v) is 1.44. The van der Waals surface area contributed by atoms with Gasteiger partial charge in [0.1, 0.15) is 18.0 Å². The van der Waals surface area contributed by atoms with Gasteiger partial charge in [-0.05, 0) is 13.3 Å². The molecule has 0 aromatic carbocycles. The van der Waals surface area contributed by atoms with Crippen LogP contribution in [-0.4, -0.2) is 29.1 Å². The predicted octanol–water partition coefficient (Wildman–Crippen LogP) is 1.84. The third-order valence-corrected chi connectivity index (χ3v) is 2.50. The van der Waals surface area contributed by atoms with E-state index in [2.05, 4.69) is 27.5 Å². The van der Waals surface area contributed by atoms with Crippen molar-refractivity contribution >= 4 is 11.6 Å². The van der Waals surface area contributed by atoms with Gasteiger partial charge in [-0.25, -0.2) is 9.97 Å². The second-order valence-electron chi connectivity index (χ2n) is 4.20. The van der Waals surface area contributed by atoms with Crippen LogP contribution in [0.25, 0.3) is 0 Å². The van der Waals surface area contributed by atoms with Crippen LogP contribution in [0, 0.1) is 0 Å². The Morgan fingerprint density at radius 1 is 1.29 bits per heavy atom. The highest BCUT2D eigenvalue weighted by Crippen LogP contribution is 2.09. The lowest BCUT2D eigenvalue weighted by atomic mass is 10.2. The van der Waals surface area contributed by atoms with Crippen molar-refractivity contribution in [3.63, 3.8) is 0 Å². The standard InChI is InChI=1S/C12H23N5/c1-3-4-5-6-14-11-7-12(16-9-15-11)17-10(2)8-13/h7,9-10H,3-6,8,13H2,1-2H3,(H2,14,15,16,17). The molecule has 0 saturated carbocycles. The minimum Gasteiger partial charge on any atom is -0.370 e. The minimum atomic E-state index is 0.220. The molecule has 0 fully saturated rings. The number of nitrogens with zero attached hydrogens (tertiary/aromatic N) is 2. The second-order valence-corrected chi connectivity index (χ2v) is 4.20. The van der Waals surface area contributed by atoms with E-state index in [4.69, 9.17) is 5.73 Å². The van der Waals surface area contributed by atoms with Crippen molar-refractivity contribution in [2.24, 2.45) is 5.73 Å². The maximum Gasteiger partial charge on any atom is 0.131 e. The molecule has 0 aliphatic heterocycles. The molecule has 0 bridgehead atoms. The molecule has 1 aromatic rings. The van der Waals surface area contributed by atoms with Gasteiger partial charge in [0.25, 0.3) is 0 Å². The van der Waals surface area contributed by atoms with Crippen LogP contribution < -0.4 is 16.4 Å². The van der Waals surface area contributed by atoms with Crippen LogP contribution in [0.3, 0.4) is 0 Å². The van der Waals surface area contributed by atoms with Crippen molar-refractivity contribution in [1.82, 2.24) is 9.97 Å². The fourth-order valence-electron chi connectivity index (χ4n) is 1.44. The van der Waals surface area contributed by atoms with Gasteiger partial charge in [-0.2, -0.15) is 0 Å². The molecule has 1 atom stereocenters. The lowest BCUT2D eigenvalue weighted by molar-refractivity contribution is 0.742. The third-order valence-electron chi connectivity index (χ3n) is 2.50. The van der Waals surface area contributed by atoms with Gasteiger partial charge in [-0.15, -0.1) is 0 Å². The van der Waals surface area contributed by atoms with Crippen LogP contribution in [-0.2, 0) is 0 Å². The second kappa shape index (κ2) is 7.84. The van der Waals surface area contributed by atoms with E-state index in [-0.39, 0.29) is 6.04 Å². The molecule has 96 valence electrons. The highest BCUT2D eigenvalue weighted by atomic mass is 15.1. The zero-order valence-electron chi connectivity index (χ0n) is 10.7. The van der Waals surface area contributed by atoms with Gasteiger partial charge in [0, 0.05) is 25.2 Å². The molecule has 0 amide bonds. The van der Waals surface area contributed by atoms with E-state index >= 15 is 0 Å². The smallest absolute Gasteiger partial charge is 0.131 e. The molecular weight excluding hydrogens is 214 g/mol. The van der Waals surface area contributed by atoms with Gasteiger partial charge in [0.2, 0.25) is 0 Å². The SMILES string of the molecule is CCCCCNc1cc(NC(C)CN)ncn1. The summed E-state index contributed by atoms with van der Waals surface area (Å²) in [5.41, 5.74) is 5.55. The van der Waals surface area contributed by atoms with Crippen LogP contribution >= 0.6 is 0 Å². The number of hydrogen-bond acceptors (Lipinski definition) is 5. The Hall–Kier alpha value is -1.36. The molecule has 1 rings (SSSR count). The number of nitrogens with two attached hydrogens (primary N) is 1. The number of rotatable bonds is 8. The van der Waals surface area contributed by atoms with Crippen molar-refractivity contribution in [2.75, 3.05) is 23.7 Å². The first kappa shape index (κ1) is 13.7. The molecule has 1 aromatic heterocycles. The maximum absolute atomic E-state index is 5.55. The van der Waals surface area contributed by atoms with Crippen LogP contribution in [0.2, 0.25) is 0 Å². The van der Waals surface area contributed by atoms with E-state index in [1.807, 2.05) is 13.0 Å². The summed E-state index contributed by atoms with van der Waals surface area (Å²) in [6, 6.07) is 2.14. The summed E-state index contributed by atoms with van der Waals surface area (Å²) in [6.07, 6.45) is 5.20. The van der Waals surface area contributed by atoms with Crippen LogP contribution in [0.15, 0.2) is 12.4 Å². The van der Waals surface area contributed by atoms with Crippen molar-refractivity contribution < 1.29 is 0 Å². The molecule has 17 heavy (non-hydrogen) atoms. The number of anilines is 2. The molecule has 0 aliphatic rings. The quantitative estimate of drug-likeness (QED) is 0.601. The Balaban J connectivity index is 2.42. The Morgan fingerprint density at radius 2 is 2.06 bits per heavy atom. The lowest BCUT2D eigenvalue weighted by Crippen LogP contribution is -2.25. The molecule has 5 nitrogen and oxygen atoms in total. The van der Waals surface area contributed by atoms with Crippen molar-refractivity contribution in [2.45, 2.75) is 39.2 Å². The topological polar surface area (TPSA) is 75.9 Å². The lowest BCUT2D eigenvalue weighted by Gasteiger charge is -2.12. The fraction of sp³-hybridized carbons (Fsp3) is 0.667. The molecule has 5 heteroatoms. The van der Waals surface area contributed by atoms with Crippen molar-refractivity contribution in [3.05, 3.63) is 12.4 Å². The highest BCUT2D eigenvalue weighted by molar-refractivity contribution is 5.46. The van der Waals surface area contributed by atoms with Crippen molar-refractivity contribution in [1.29, 1.82) is 0 Å². The van der Waals surface area contributed by atoms with Gasteiger partial charge < -0.3 is 16.4 Å². The number of hydrogen-bond donors (Lipinski definition) is 3. The van der Waals surface area contributed by atoms with E-state index in [0.717, 1.165) is 18.2 Å². The molecule has 0 radical (unpaired) electrons. The molecule has 1 heterocycles. The van der Waals surface area contributed by atoms with E-state index in [1.165, 1.54) is 19.3 Å². The summed E-state index contributed by atoms with van der Waals surface area (Å²) in [4.78, 5) is 8.33. The van der Waals surface area contributed by atoms with Crippen LogP contribution in [0.4, 0.5) is 11.6 Å². The molecular formula is C12H23N5. The van der Waals surface area contributed by atoms with Gasteiger partial charge >= 0.3 is 0 Å². The molecule has 0 aliphatic carbocycles. The number of aromatic nitrogens is 2. The van der Waals surface area contributed by atoms with Crippen molar-refractivity contribution in [3.8, 4) is 0 Å². The first-order valence-electron chi connectivity index (χ1n) is 6.28. The van der Waals surface area contributed by atoms with Crippen LogP contribution in [0.5, 0.6) is 0 Å². The monoisotopic (exact) mass is 237 g/mol. The molecule has 1 unspecified atom stereocenters. The average molecular weight is 237 g/mol. The Bertz CT molecular complexity index is 316. The summed E-state index contributed by atoms with van der Waals surface area (Å²) < 4.78 is 0. The van der Waals surface area contributed by atoms with E-state index in [1.54, 1.807) is 6.33 Å². The summed E-state index contributed by atoms with van der Waals surface area (Å²) in [7, 11) is 0. The Labute approximate surface area is 103 Å². The van der Waals surface area contributed by atoms with Gasteiger partial charge in [-0.3, -0.25) is 0 Å². The Morgan fingerprint density at radius 3 is 2.76 bits per heavy atom. The Kier molecular flexibility index (Phi) is 6.32. The first-order valence-corrected chi connectivity index (χ1v) is 6.28. The summed E-state index contributed by atoms with van der Waals surface area (Å²) in [5.74, 6) is 1.68. The van der Waals surface area contributed by atoms with Gasteiger partial charge in [-0.1, -0.05) is 19.8 Å². The van der Waals surface area contributed by atoms with Gasteiger partial charge in [0.05, 0.1) is 0 Å². The number of nitrogens with one attached hydrogen (secondary N) is 2. The first-order chi connectivity index (χ1) is 8.26. The normalized spacial score (nSPS) is 12.2. The largest absolute Gasteiger partial charge is 0.370 e. The van der Waals surface area contributed by atoms with E-state index in [9.17, 15) is 0 Å². The van der Waals surface area contributed by atoms with Gasteiger partial charge in [0.15, 0.2) is 0 Å². The molecule has 4 N–H and O–H groups in total. The minimum absolute atomic E-state index is 0.220. The summed E-state index contributed by atoms with van der Waals surface area (Å²) in [6.45, 7) is 5.76. The summed E-state index contributed by atoms with van der Waals surface area (Å²) in [5, 5.41) is 6.51. The third kappa shape index (κ3) is 5.49. The zero-order chi connectivity index (χ0) is 12.5. The summed E-state index contributed by atoms with van der Waals surface area (Å²) >= 11 is 0. The molecule has 0 saturated heterocycles. The number of unbranched alkanes of at least 4 members (excludes halogenated alkanes) is 2. The van der Waals surface area contributed by atoms with E-state index in [0.29, 0.717) is 6.54 Å².